The molecule has 0 spiro atoms. The van der Waals surface area contributed by atoms with E-state index in [1.54, 1.807) is 6.08 Å². The molecular formula is C28H28N2O2. The molecule has 0 aromatic heterocycles. The topological polar surface area (TPSA) is 34.1 Å². The van der Waals surface area contributed by atoms with Gasteiger partial charge in [-0.15, -0.1) is 0 Å². The minimum Gasteiger partial charge on any atom is -0.490 e. The first kappa shape index (κ1) is 20.4. The summed E-state index contributed by atoms with van der Waals surface area (Å²) in [6.07, 6.45) is 2.34. The molecule has 4 nitrogen and oxygen atoms in total. The molecule has 2 atom stereocenters. The Morgan fingerprint density at radius 2 is 1.81 bits per heavy atom. The van der Waals surface area contributed by atoms with E-state index in [-0.39, 0.29) is 12.3 Å². The van der Waals surface area contributed by atoms with Gasteiger partial charge in [-0.2, -0.15) is 5.10 Å². The maximum Gasteiger partial charge on any atom is 0.213 e. The quantitative estimate of drug-likeness (QED) is 0.417. The Hall–Kier alpha value is -3.53. The van der Waals surface area contributed by atoms with E-state index in [2.05, 4.69) is 80.0 Å². The van der Waals surface area contributed by atoms with Gasteiger partial charge in [-0.3, -0.25) is 0 Å². The first-order chi connectivity index (χ1) is 15.6. The number of benzene rings is 3. The fraction of sp³-hybridized carbons (Fsp3) is 0.250. The summed E-state index contributed by atoms with van der Waals surface area (Å²) in [5.74, 6) is 2.28. The zero-order valence-electron chi connectivity index (χ0n) is 18.6. The maximum absolute atomic E-state index is 6.47. The number of nitrogens with zero attached hydrogens (tertiary/aromatic N) is 2. The summed E-state index contributed by atoms with van der Waals surface area (Å²) in [6.45, 7) is 8.62. The molecule has 0 bridgehead atoms. The number of hydrogen-bond acceptors (Lipinski definition) is 4. The van der Waals surface area contributed by atoms with Crippen molar-refractivity contribution in [2.24, 2.45) is 5.10 Å². The van der Waals surface area contributed by atoms with Crippen LogP contribution in [0.4, 0.5) is 0 Å². The van der Waals surface area contributed by atoms with Crippen LogP contribution < -0.4 is 9.47 Å². The Kier molecular flexibility index (Phi) is 5.44. The van der Waals surface area contributed by atoms with Crippen molar-refractivity contribution in [1.29, 1.82) is 0 Å². The molecule has 32 heavy (non-hydrogen) atoms. The third kappa shape index (κ3) is 3.77. The molecule has 0 unspecified atom stereocenters. The van der Waals surface area contributed by atoms with Gasteiger partial charge in [0.1, 0.15) is 18.1 Å². The van der Waals surface area contributed by atoms with Crippen LogP contribution in [-0.2, 0) is 0 Å². The van der Waals surface area contributed by atoms with Crippen LogP contribution in [0.1, 0.15) is 60.7 Å². The average molecular weight is 425 g/mol. The van der Waals surface area contributed by atoms with Gasteiger partial charge in [0.15, 0.2) is 0 Å². The Bertz CT molecular complexity index is 1130. The molecule has 3 aromatic carbocycles. The average Bonchev–Trinajstić information content (AvgIpc) is 3.28. The fourth-order valence-corrected chi connectivity index (χ4v) is 4.37. The Morgan fingerprint density at radius 1 is 1.06 bits per heavy atom. The Balaban J connectivity index is 1.48. The molecule has 4 heteroatoms. The van der Waals surface area contributed by atoms with Crippen molar-refractivity contribution in [3.63, 3.8) is 0 Å². The first-order valence-corrected chi connectivity index (χ1v) is 11.2. The lowest BCUT2D eigenvalue weighted by molar-refractivity contribution is -0.0190. The molecule has 0 N–H and O–H groups in total. The lowest BCUT2D eigenvalue weighted by Crippen LogP contribution is -2.33. The highest BCUT2D eigenvalue weighted by molar-refractivity contribution is 6.02. The molecule has 0 fully saturated rings. The number of rotatable bonds is 6. The number of fused-ring (bicyclic) bond motifs is 3. The normalized spacial score (nSPS) is 19.1. The summed E-state index contributed by atoms with van der Waals surface area (Å²) in [7, 11) is 0. The summed E-state index contributed by atoms with van der Waals surface area (Å²) in [5, 5.41) is 7.18. The van der Waals surface area contributed by atoms with E-state index in [4.69, 9.17) is 14.6 Å². The van der Waals surface area contributed by atoms with Crippen LogP contribution >= 0.6 is 0 Å². The molecular weight excluding hydrogens is 396 g/mol. The van der Waals surface area contributed by atoms with Crippen molar-refractivity contribution < 1.29 is 9.47 Å². The number of hydrazone groups is 1. The van der Waals surface area contributed by atoms with Crippen LogP contribution in [0.25, 0.3) is 0 Å². The van der Waals surface area contributed by atoms with Gasteiger partial charge in [0, 0.05) is 17.5 Å². The van der Waals surface area contributed by atoms with Crippen LogP contribution in [0.15, 0.2) is 90.6 Å². The van der Waals surface area contributed by atoms with Crippen LogP contribution in [-0.4, -0.2) is 17.3 Å². The molecule has 0 saturated heterocycles. The lowest BCUT2D eigenvalue weighted by atomic mass is 9.95. The maximum atomic E-state index is 6.47. The van der Waals surface area contributed by atoms with Gasteiger partial charge in [0.2, 0.25) is 6.23 Å². The van der Waals surface area contributed by atoms with Crippen LogP contribution in [0, 0.1) is 0 Å². The van der Waals surface area contributed by atoms with E-state index < -0.39 is 0 Å². The summed E-state index contributed by atoms with van der Waals surface area (Å²) >= 11 is 0. The standard InChI is InChI=1S/C28H28N2O2/c1-4-17-31-23-15-13-21(14-16-23)25-18-26-24-7-5-6-8-27(24)32-28(30(26)29-25)22-11-9-20(10-12-22)19(2)3/h4-16,19,26,28H,1,17-18H2,2-3H3/t26-,28-/m0/s1. The van der Waals surface area contributed by atoms with Gasteiger partial charge < -0.3 is 9.47 Å². The molecule has 0 radical (unpaired) electrons. The van der Waals surface area contributed by atoms with Crippen molar-refractivity contribution in [2.75, 3.05) is 6.61 Å². The van der Waals surface area contributed by atoms with Crippen molar-refractivity contribution in [3.05, 3.63) is 108 Å². The third-order valence-electron chi connectivity index (χ3n) is 6.14. The van der Waals surface area contributed by atoms with Crippen molar-refractivity contribution in [3.8, 4) is 11.5 Å². The van der Waals surface area contributed by atoms with E-state index in [0.29, 0.717) is 12.5 Å². The summed E-state index contributed by atoms with van der Waals surface area (Å²) in [6, 6.07) is 25.3. The van der Waals surface area contributed by atoms with E-state index in [9.17, 15) is 0 Å². The van der Waals surface area contributed by atoms with Gasteiger partial charge in [-0.25, -0.2) is 5.01 Å². The highest BCUT2D eigenvalue weighted by Crippen LogP contribution is 2.47. The number of ether oxygens (including phenoxy) is 2. The monoisotopic (exact) mass is 424 g/mol. The lowest BCUT2D eigenvalue weighted by Gasteiger charge is -2.38. The van der Waals surface area contributed by atoms with Crippen LogP contribution in [0.2, 0.25) is 0 Å². The van der Waals surface area contributed by atoms with Crippen molar-refractivity contribution >= 4 is 5.71 Å². The summed E-state index contributed by atoms with van der Waals surface area (Å²) < 4.78 is 12.1. The Morgan fingerprint density at radius 3 is 2.53 bits per heavy atom. The molecule has 2 heterocycles. The number of para-hydroxylation sites is 1. The second-order valence-corrected chi connectivity index (χ2v) is 8.60. The summed E-state index contributed by atoms with van der Waals surface area (Å²) in [4.78, 5) is 0. The van der Waals surface area contributed by atoms with Gasteiger partial charge in [0.25, 0.3) is 0 Å². The van der Waals surface area contributed by atoms with E-state index >= 15 is 0 Å². The molecule has 0 saturated carbocycles. The molecule has 2 aliphatic rings. The van der Waals surface area contributed by atoms with E-state index in [0.717, 1.165) is 34.8 Å². The smallest absolute Gasteiger partial charge is 0.213 e. The fourth-order valence-electron chi connectivity index (χ4n) is 4.37. The SMILES string of the molecule is C=CCOc1ccc(C2=NN3[C@@H](C2)c2ccccc2O[C@H]3c2ccc(C(C)C)cc2)cc1. The zero-order valence-corrected chi connectivity index (χ0v) is 18.6. The predicted octanol–water partition coefficient (Wildman–Crippen LogP) is 6.62. The van der Waals surface area contributed by atoms with Gasteiger partial charge in [-0.05, 0) is 47.4 Å². The molecule has 0 aliphatic carbocycles. The van der Waals surface area contributed by atoms with E-state index in [1.807, 2.05) is 18.2 Å². The molecule has 3 aromatic rings. The summed E-state index contributed by atoms with van der Waals surface area (Å²) in [5.41, 5.74) is 5.80. The van der Waals surface area contributed by atoms with Crippen molar-refractivity contribution in [1.82, 2.24) is 5.01 Å². The zero-order chi connectivity index (χ0) is 22.1. The molecule has 2 aliphatic heterocycles. The minimum atomic E-state index is -0.246. The largest absolute Gasteiger partial charge is 0.490 e. The Labute approximate surface area is 189 Å². The molecule has 5 rings (SSSR count). The minimum absolute atomic E-state index is 0.154. The van der Waals surface area contributed by atoms with Gasteiger partial charge >= 0.3 is 0 Å². The predicted molar refractivity (Wildman–Crippen MR) is 128 cm³/mol. The van der Waals surface area contributed by atoms with Crippen LogP contribution in [0.3, 0.4) is 0 Å². The van der Waals surface area contributed by atoms with Crippen LogP contribution in [0.5, 0.6) is 11.5 Å². The van der Waals surface area contributed by atoms with Crippen molar-refractivity contribution in [2.45, 2.75) is 38.5 Å². The highest BCUT2D eigenvalue weighted by atomic mass is 16.5. The van der Waals surface area contributed by atoms with Gasteiger partial charge in [0.05, 0.1) is 11.8 Å². The molecule has 0 amide bonds. The first-order valence-electron chi connectivity index (χ1n) is 11.2. The highest BCUT2D eigenvalue weighted by Gasteiger charge is 2.40. The molecule has 162 valence electrons. The van der Waals surface area contributed by atoms with E-state index in [1.165, 1.54) is 11.1 Å². The second-order valence-electron chi connectivity index (χ2n) is 8.60. The second kappa shape index (κ2) is 8.54. The van der Waals surface area contributed by atoms with Gasteiger partial charge in [-0.1, -0.05) is 69.0 Å². The number of hydrogen-bond donors (Lipinski definition) is 0. The third-order valence-corrected chi connectivity index (χ3v) is 6.14.